The smallest absolute Gasteiger partial charge is 0.292 e. The van der Waals surface area contributed by atoms with Crippen LogP contribution in [0.4, 0.5) is 11.4 Å². The number of nitrogens with one attached hydrogen (secondary N) is 1. The maximum atomic E-state index is 12.4. The van der Waals surface area contributed by atoms with Gasteiger partial charge in [-0.2, -0.15) is 5.26 Å². The van der Waals surface area contributed by atoms with Crippen molar-refractivity contribution in [2.45, 2.75) is 6.92 Å². The minimum Gasteiger partial charge on any atom is -0.493 e. The van der Waals surface area contributed by atoms with E-state index in [1.165, 1.54) is 31.4 Å². The molecule has 0 fully saturated rings. The van der Waals surface area contributed by atoms with E-state index in [1.807, 2.05) is 13.0 Å². The number of halogens is 1. The average molecular weight is 493 g/mol. The third kappa shape index (κ3) is 4.98. The molecular weight excluding hydrogens is 477 g/mol. The van der Waals surface area contributed by atoms with Gasteiger partial charge >= 0.3 is 0 Å². The highest BCUT2D eigenvalue weighted by molar-refractivity contribution is 14.1. The quantitative estimate of drug-likeness (QED) is 0.204. The van der Waals surface area contributed by atoms with Gasteiger partial charge in [0.1, 0.15) is 17.3 Å². The summed E-state index contributed by atoms with van der Waals surface area (Å²) in [5, 5.41) is 22.9. The van der Waals surface area contributed by atoms with Crippen LogP contribution in [0.3, 0.4) is 0 Å². The number of amides is 1. The van der Waals surface area contributed by atoms with Crippen molar-refractivity contribution >= 4 is 45.9 Å². The first-order chi connectivity index (χ1) is 13.4. The second kappa shape index (κ2) is 9.70. The lowest BCUT2D eigenvalue weighted by Gasteiger charge is -2.12. The van der Waals surface area contributed by atoms with E-state index in [0.717, 1.165) is 3.57 Å². The van der Waals surface area contributed by atoms with Crippen molar-refractivity contribution in [1.29, 1.82) is 5.26 Å². The molecule has 0 saturated carbocycles. The summed E-state index contributed by atoms with van der Waals surface area (Å²) in [6.07, 6.45) is 1.38. The maximum absolute atomic E-state index is 12.4. The van der Waals surface area contributed by atoms with Crippen LogP contribution in [-0.4, -0.2) is 24.5 Å². The summed E-state index contributed by atoms with van der Waals surface area (Å²) >= 11 is 2.07. The van der Waals surface area contributed by atoms with E-state index >= 15 is 0 Å². The van der Waals surface area contributed by atoms with Gasteiger partial charge in [-0.1, -0.05) is 12.1 Å². The van der Waals surface area contributed by atoms with E-state index in [1.54, 1.807) is 18.2 Å². The van der Waals surface area contributed by atoms with Crippen LogP contribution in [-0.2, 0) is 4.79 Å². The normalized spacial score (nSPS) is 10.7. The van der Waals surface area contributed by atoms with Gasteiger partial charge in [0.2, 0.25) is 0 Å². The number of carbonyl (C=O) groups is 1. The average Bonchev–Trinajstić information content (AvgIpc) is 2.68. The molecule has 2 aromatic carbocycles. The van der Waals surface area contributed by atoms with Crippen molar-refractivity contribution in [2.24, 2.45) is 0 Å². The van der Waals surface area contributed by atoms with Crippen LogP contribution >= 0.6 is 22.6 Å². The summed E-state index contributed by atoms with van der Waals surface area (Å²) in [5.74, 6) is 0.293. The second-order valence-corrected chi connectivity index (χ2v) is 6.53. The Balaban J connectivity index is 2.36. The molecule has 8 nitrogen and oxygen atoms in total. The lowest BCUT2D eigenvalue weighted by atomic mass is 10.1. The standard InChI is InChI=1S/C19H16IN3O5/c1-3-28-18-14(20)9-12(10-17(18)27-2)8-13(11-21)19(24)22-15-6-4-5-7-16(15)23(25)26/h4-10H,3H2,1-2H3,(H,22,24). The third-order valence-electron chi connectivity index (χ3n) is 3.57. The SMILES string of the molecule is CCOc1c(I)cc(C=C(C#N)C(=O)Nc2ccccc2[N+](=O)[O-])cc1OC. The van der Waals surface area contributed by atoms with E-state index < -0.39 is 10.8 Å². The number of nitro benzene ring substituents is 1. The Morgan fingerprint density at radius 1 is 1.39 bits per heavy atom. The molecule has 2 rings (SSSR count). The minimum atomic E-state index is -0.750. The Labute approximate surface area is 175 Å². The molecule has 0 aliphatic rings. The van der Waals surface area contributed by atoms with Gasteiger partial charge in [0.15, 0.2) is 11.5 Å². The first-order valence-corrected chi connectivity index (χ1v) is 9.16. The summed E-state index contributed by atoms with van der Waals surface area (Å²) in [6.45, 7) is 2.31. The van der Waals surface area contributed by atoms with Gasteiger partial charge in [-0.15, -0.1) is 0 Å². The molecule has 1 N–H and O–H groups in total. The molecule has 0 aliphatic carbocycles. The molecule has 0 spiro atoms. The van der Waals surface area contributed by atoms with E-state index in [0.29, 0.717) is 23.7 Å². The summed E-state index contributed by atoms with van der Waals surface area (Å²) in [7, 11) is 1.49. The Morgan fingerprint density at radius 2 is 2.11 bits per heavy atom. The van der Waals surface area contributed by atoms with Crippen LogP contribution in [0.5, 0.6) is 11.5 Å². The number of nitro groups is 1. The van der Waals surface area contributed by atoms with Crippen molar-refractivity contribution in [3.63, 3.8) is 0 Å². The molecule has 9 heteroatoms. The van der Waals surface area contributed by atoms with Crippen molar-refractivity contribution in [1.82, 2.24) is 0 Å². The molecule has 0 bridgehead atoms. The molecule has 0 heterocycles. The number of ether oxygens (including phenoxy) is 2. The number of benzene rings is 2. The summed E-state index contributed by atoms with van der Waals surface area (Å²) in [4.78, 5) is 22.9. The van der Waals surface area contributed by atoms with E-state index in [2.05, 4.69) is 27.9 Å². The Hall–Kier alpha value is -3.13. The number of anilines is 1. The van der Waals surface area contributed by atoms with Gasteiger partial charge in [0.05, 0.1) is 22.2 Å². The molecule has 0 radical (unpaired) electrons. The van der Waals surface area contributed by atoms with Crippen LogP contribution in [0.1, 0.15) is 12.5 Å². The summed E-state index contributed by atoms with van der Waals surface area (Å²) in [6, 6.07) is 10.9. The Bertz CT molecular complexity index is 982. The predicted octanol–water partition coefficient (Wildman–Crippen LogP) is 4.15. The molecular formula is C19H16IN3O5. The number of methoxy groups -OCH3 is 1. The molecule has 1 amide bonds. The Morgan fingerprint density at radius 3 is 2.71 bits per heavy atom. The molecule has 144 valence electrons. The first-order valence-electron chi connectivity index (χ1n) is 8.08. The maximum Gasteiger partial charge on any atom is 0.292 e. The van der Waals surface area contributed by atoms with Crippen molar-refractivity contribution < 1.29 is 19.2 Å². The number of hydrogen-bond donors (Lipinski definition) is 1. The van der Waals surface area contributed by atoms with Crippen LogP contribution in [0, 0.1) is 25.0 Å². The third-order valence-corrected chi connectivity index (χ3v) is 4.37. The Kier molecular flexibility index (Phi) is 7.34. The number of carbonyl (C=O) groups excluding carboxylic acids is 1. The summed E-state index contributed by atoms with van der Waals surface area (Å²) < 4.78 is 11.6. The van der Waals surface area contributed by atoms with Crippen LogP contribution in [0.15, 0.2) is 42.0 Å². The highest BCUT2D eigenvalue weighted by Crippen LogP contribution is 2.34. The molecule has 2 aromatic rings. The number of hydrogen-bond acceptors (Lipinski definition) is 6. The van der Waals surface area contributed by atoms with E-state index in [-0.39, 0.29) is 16.9 Å². The lowest BCUT2D eigenvalue weighted by Crippen LogP contribution is -2.14. The van der Waals surface area contributed by atoms with Gasteiger partial charge in [-0.25, -0.2) is 0 Å². The predicted molar refractivity (Wildman–Crippen MR) is 112 cm³/mol. The topological polar surface area (TPSA) is 114 Å². The molecule has 0 aliphatic heterocycles. The van der Waals surface area contributed by atoms with Crippen molar-refractivity contribution in [3.05, 3.63) is 61.2 Å². The van der Waals surface area contributed by atoms with Crippen molar-refractivity contribution in [2.75, 3.05) is 19.0 Å². The fourth-order valence-electron chi connectivity index (χ4n) is 2.35. The fourth-order valence-corrected chi connectivity index (χ4v) is 3.13. The van der Waals surface area contributed by atoms with Gasteiger partial charge in [-0.05, 0) is 59.4 Å². The highest BCUT2D eigenvalue weighted by atomic mass is 127. The van der Waals surface area contributed by atoms with Crippen LogP contribution in [0.25, 0.3) is 6.08 Å². The molecule has 0 saturated heterocycles. The largest absolute Gasteiger partial charge is 0.493 e. The van der Waals surface area contributed by atoms with Crippen molar-refractivity contribution in [3.8, 4) is 17.6 Å². The highest BCUT2D eigenvalue weighted by Gasteiger charge is 2.18. The van der Waals surface area contributed by atoms with Gasteiger partial charge in [0.25, 0.3) is 11.6 Å². The lowest BCUT2D eigenvalue weighted by molar-refractivity contribution is -0.383. The monoisotopic (exact) mass is 493 g/mol. The summed E-state index contributed by atoms with van der Waals surface area (Å²) in [5.41, 5.74) is 0.0991. The van der Waals surface area contributed by atoms with Gasteiger partial charge in [-0.3, -0.25) is 14.9 Å². The zero-order valence-electron chi connectivity index (χ0n) is 15.1. The number of rotatable bonds is 7. The van der Waals surface area contributed by atoms with Crippen LogP contribution < -0.4 is 14.8 Å². The van der Waals surface area contributed by atoms with E-state index in [4.69, 9.17) is 9.47 Å². The van der Waals surface area contributed by atoms with Crippen LogP contribution in [0.2, 0.25) is 0 Å². The van der Waals surface area contributed by atoms with Gasteiger partial charge < -0.3 is 14.8 Å². The minimum absolute atomic E-state index is 0.0116. The van der Waals surface area contributed by atoms with E-state index in [9.17, 15) is 20.2 Å². The number of nitrogens with zero attached hydrogens (tertiary/aromatic N) is 2. The second-order valence-electron chi connectivity index (χ2n) is 5.37. The molecule has 28 heavy (non-hydrogen) atoms. The van der Waals surface area contributed by atoms with Gasteiger partial charge in [0, 0.05) is 6.07 Å². The number of para-hydroxylation sites is 2. The molecule has 0 aromatic heterocycles. The first kappa shape index (κ1) is 21.2. The zero-order valence-corrected chi connectivity index (χ0v) is 17.2. The molecule has 0 atom stereocenters. The molecule has 0 unspecified atom stereocenters. The zero-order chi connectivity index (χ0) is 20.7. The number of nitriles is 1. The fraction of sp³-hybridized carbons (Fsp3) is 0.158.